The molecule has 6 heteroatoms. The molecule has 0 aromatic heterocycles. The van der Waals surface area contributed by atoms with E-state index in [0.717, 1.165) is 6.07 Å². The van der Waals surface area contributed by atoms with Crippen molar-refractivity contribution in [2.24, 2.45) is 0 Å². The van der Waals surface area contributed by atoms with Gasteiger partial charge in [0.2, 0.25) is 0 Å². The zero-order chi connectivity index (χ0) is 12.0. The van der Waals surface area contributed by atoms with Crippen LogP contribution in [0.2, 0.25) is 0 Å². The fourth-order valence-corrected chi connectivity index (χ4v) is 2.46. The molecule has 3 N–H and O–H groups in total. The number of hydrogen-bond donors (Lipinski definition) is 3. The van der Waals surface area contributed by atoms with E-state index < -0.39 is 17.1 Å². The summed E-state index contributed by atoms with van der Waals surface area (Å²) in [7, 11) is 0. The summed E-state index contributed by atoms with van der Waals surface area (Å²) in [6.07, 6.45) is 0.0734. The van der Waals surface area contributed by atoms with Gasteiger partial charge in [0.25, 0.3) is 0 Å². The van der Waals surface area contributed by atoms with Gasteiger partial charge >= 0.3 is 5.97 Å². The molecule has 0 bridgehead atoms. The van der Waals surface area contributed by atoms with Gasteiger partial charge in [-0.25, -0.2) is 4.39 Å². The Kier molecular flexibility index (Phi) is 2.11. The molecule has 2 aliphatic heterocycles. The number of benzene rings is 1. The van der Waals surface area contributed by atoms with Crippen LogP contribution in [-0.2, 0) is 10.3 Å². The monoisotopic (exact) mass is 238 g/mol. The van der Waals surface area contributed by atoms with Crippen LogP contribution in [0.4, 0.5) is 4.39 Å². The number of ether oxygens (including phenoxy) is 1. The average molecular weight is 238 g/mol. The van der Waals surface area contributed by atoms with Crippen LogP contribution in [0, 0.1) is 5.82 Å². The Labute approximate surface area is 96.6 Å². The van der Waals surface area contributed by atoms with Gasteiger partial charge in [-0.1, -0.05) is 0 Å². The Morgan fingerprint density at radius 1 is 1.47 bits per heavy atom. The number of nitrogens with one attached hydrogen (secondary N) is 2. The molecule has 1 unspecified atom stereocenters. The number of rotatable bonds is 0. The van der Waals surface area contributed by atoms with Gasteiger partial charge in [-0.3, -0.25) is 10.1 Å². The first kappa shape index (κ1) is 10.5. The normalized spacial score (nSPS) is 27.0. The summed E-state index contributed by atoms with van der Waals surface area (Å²) in [6, 6.07) is 2.45. The Morgan fingerprint density at radius 3 is 3.00 bits per heavy atom. The molecule has 17 heavy (non-hydrogen) atoms. The second-order valence-corrected chi connectivity index (χ2v) is 4.28. The van der Waals surface area contributed by atoms with E-state index in [-0.39, 0.29) is 18.1 Å². The number of phenolic OH excluding ortho intramolecular Hbond substituents is 1. The van der Waals surface area contributed by atoms with Crippen molar-refractivity contribution in [2.75, 3.05) is 13.2 Å². The molecule has 0 saturated carbocycles. The predicted molar refractivity (Wildman–Crippen MR) is 56.0 cm³/mol. The molecule has 0 amide bonds. The summed E-state index contributed by atoms with van der Waals surface area (Å²) >= 11 is 0. The van der Waals surface area contributed by atoms with E-state index in [2.05, 4.69) is 10.6 Å². The van der Waals surface area contributed by atoms with Crippen molar-refractivity contribution in [1.29, 1.82) is 0 Å². The van der Waals surface area contributed by atoms with Crippen LogP contribution >= 0.6 is 0 Å². The topological polar surface area (TPSA) is 70.6 Å². The summed E-state index contributed by atoms with van der Waals surface area (Å²) in [5, 5.41) is 15.9. The van der Waals surface area contributed by atoms with Crippen molar-refractivity contribution in [3.8, 4) is 11.5 Å². The molecule has 1 saturated heterocycles. The average Bonchev–Trinajstić information content (AvgIpc) is 2.72. The molecule has 90 valence electrons. The molecule has 0 aliphatic carbocycles. The van der Waals surface area contributed by atoms with Gasteiger partial charge in [-0.15, -0.1) is 0 Å². The molecule has 1 fully saturated rings. The Bertz CT molecular complexity index is 498. The summed E-state index contributed by atoms with van der Waals surface area (Å²) in [4.78, 5) is 11.5. The highest BCUT2D eigenvalue weighted by Gasteiger charge is 2.46. The third kappa shape index (κ3) is 1.41. The number of fused-ring (bicyclic) bond motifs is 2. The molecule has 2 aliphatic rings. The molecule has 1 spiro atoms. The van der Waals surface area contributed by atoms with Gasteiger partial charge in [-0.2, -0.15) is 0 Å². The van der Waals surface area contributed by atoms with Crippen LogP contribution in [0.5, 0.6) is 11.5 Å². The van der Waals surface area contributed by atoms with Crippen molar-refractivity contribution in [3.05, 3.63) is 23.5 Å². The smallest absolute Gasteiger partial charge is 0.313 e. The first-order valence-electron chi connectivity index (χ1n) is 5.31. The molecule has 1 atom stereocenters. The fraction of sp³-hybridized carbons (Fsp3) is 0.364. The Morgan fingerprint density at radius 2 is 2.29 bits per heavy atom. The zero-order valence-electron chi connectivity index (χ0n) is 8.92. The van der Waals surface area contributed by atoms with Crippen molar-refractivity contribution >= 4 is 5.97 Å². The molecule has 2 heterocycles. The quantitative estimate of drug-likeness (QED) is 0.444. The number of phenols is 1. The minimum Gasteiger partial charge on any atom is -0.504 e. The number of carbonyl (C=O) groups excluding carboxylic acids is 1. The van der Waals surface area contributed by atoms with Crippen LogP contribution in [0.25, 0.3) is 0 Å². The molecular formula is C11H11FN2O3. The SMILES string of the molecule is O=C1CC2(CNCN2)c2c(ccc(F)c2O)O1. The van der Waals surface area contributed by atoms with Crippen LogP contribution in [0.3, 0.4) is 0 Å². The lowest BCUT2D eigenvalue weighted by Gasteiger charge is -2.34. The Balaban J connectivity index is 2.23. The minimum atomic E-state index is -0.767. The number of esters is 1. The second-order valence-electron chi connectivity index (χ2n) is 4.28. The van der Waals surface area contributed by atoms with Gasteiger partial charge in [0.1, 0.15) is 5.75 Å². The molecule has 1 aromatic rings. The molecule has 1 aromatic carbocycles. The van der Waals surface area contributed by atoms with E-state index >= 15 is 0 Å². The highest BCUT2D eigenvalue weighted by atomic mass is 19.1. The molecular weight excluding hydrogens is 227 g/mol. The minimum absolute atomic E-state index is 0.0734. The lowest BCUT2D eigenvalue weighted by atomic mass is 9.84. The van der Waals surface area contributed by atoms with Crippen molar-refractivity contribution < 1.29 is 19.0 Å². The number of hydrogen-bond acceptors (Lipinski definition) is 5. The third-order valence-electron chi connectivity index (χ3n) is 3.22. The number of halogens is 1. The largest absolute Gasteiger partial charge is 0.504 e. The van der Waals surface area contributed by atoms with Crippen LogP contribution in [0.15, 0.2) is 12.1 Å². The van der Waals surface area contributed by atoms with Gasteiger partial charge in [0.05, 0.1) is 17.5 Å². The van der Waals surface area contributed by atoms with Crippen molar-refractivity contribution in [1.82, 2.24) is 10.6 Å². The maximum atomic E-state index is 13.4. The van der Waals surface area contributed by atoms with E-state index in [1.807, 2.05) is 0 Å². The summed E-state index contributed by atoms with van der Waals surface area (Å²) in [6.45, 7) is 0.953. The summed E-state index contributed by atoms with van der Waals surface area (Å²) in [5.41, 5.74) is -0.446. The Hall–Kier alpha value is -1.66. The summed E-state index contributed by atoms with van der Waals surface area (Å²) < 4.78 is 18.4. The van der Waals surface area contributed by atoms with E-state index in [0.29, 0.717) is 18.8 Å². The maximum Gasteiger partial charge on any atom is 0.313 e. The van der Waals surface area contributed by atoms with Crippen LogP contribution in [-0.4, -0.2) is 24.3 Å². The standard InChI is InChI=1S/C11H11FN2O3/c12-6-1-2-7-9(10(6)16)11(3-8(15)17-7)4-13-5-14-11/h1-2,13-14,16H,3-5H2. The molecule has 0 radical (unpaired) electrons. The van der Waals surface area contributed by atoms with E-state index in [1.54, 1.807) is 0 Å². The van der Waals surface area contributed by atoms with Gasteiger partial charge in [0, 0.05) is 13.2 Å². The summed E-state index contributed by atoms with van der Waals surface area (Å²) in [5.74, 6) is -1.34. The van der Waals surface area contributed by atoms with Crippen molar-refractivity contribution in [2.45, 2.75) is 12.0 Å². The number of aromatic hydroxyl groups is 1. The molecule has 5 nitrogen and oxygen atoms in total. The van der Waals surface area contributed by atoms with Gasteiger partial charge in [-0.05, 0) is 12.1 Å². The predicted octanol–water partition coefficient (Wildman–Crippen LogP) is 0.186. The first-order valence-corrected chi connectivity index (χ1v) is 5.31. The zero-order valence-corrected chi connectivity index (χ0v) is 8.92. The first-order chi connectivity index (χ1) is 8.12. The van der Waals surface area contributed by atoms with E-state index in [4.69, 9.17) is 4.74 Å². The van der Waals surface area contributed by atoms with Gasteiger partial charge < -0.3 is 15.2 Å². The lowest BCUT2D eigenvalue weighted by molar-refractivity contribution is -0.137. The van der Waals surface area contributed by atoms with Crippen LogP contribution < -0.4 is 15.4 Å². The van der Waals surface area contributed by atoms with Gasteiger partial charge in [0.15, 0.2) is 11.6 Å². The van der Waals surface area contributed by atoms with Crippen molar-refractivity contribution in [3.63, 3.8) is 0 Å². The van der Waals surface area contributed by atoms with E-state index in [1.165, 1.54) is 6.07 Å². The highest BCUT2D eigenvalue weighted by molar-refractivity contribution is 5.79. The second kappa shape index (κ2) is 3.41. The molecule has 3 rings (SSSR count). The van der Waals surface area contributed by atoms with E-state index in [9.17, 15) is 14.3 Å². The number of carbonyl (C=O) groups is 1. The third-order valence-corrected chi connectivity index (χ3v) is 3.22. The lowest BCUT2D eigenvalue weighted by Crippen LogP contribution is -2.45. The maximum absolute atomic E-state index is 13.4. The fourth-order valence-electron chi connectivity index (χ4n) is 2.46. The van der Waals surface area contributed by atoms with Crippen LogP contribution in [0.1, 0.15) is 12.0 Å². The highest BCUT2D eigenvalue weighted by Crippen LogP contribution is 2.44.